The lowest BCUT2D eigenvalue weighted by Crippen LogP contribution is -2.49. The molecule has 0 aromatic carbocycles. The minimum absolute atomic E-state index is 0.0279. The Bertz CT molecular complexity index is 456. The van der Waals surface area contributed by atoms with E-state index in [1.807, 2.05) is 19.9 Å². The highest BCUT2D eigenvalue weighted by Crippen LogP contribution is 2.31. The van der Waals surface area contributed by atoms with Gasteiger partial charge in [-0.3, -0.25) is 0 Å². The molecule has 2 heterocycles. The first kappa shape index (κ1) is 17.2. The van der Waals surface area contributed by atoms with Gasteiger partial charge in [-0.25, -0.2) is 0 Å². The van der Waals surface area contributed by atoms with Crippen molar-refractivity contribution >= 4 is 0 Å². The van der Waals surface area contributed by atoms with Gasteiger partial charge in [0, 0.05) is 18.2 Å². The molecule has 1 aromatic rings. The number of hydrogen-bond donors (Lipinski definition) is 1. The number of aryl methyl sites for hydroxylation is 2. The summed E-state index contributed by atoms with van der Waals surface area (Å²) in [7, 11) is 0. The molecule has 0 radical (unpaired) electrons. The van der Waals surface area contributed by atoms with Gasteiger partial charge in [-0.15, -0.1) is 6.58 Å². The monoisotopic (exact) mass is 306 g/mol. The maximum Gasteiger partial charge on any atom is 0.137 e. The molecular formula is C18H30N2O2. The summed E-state index contributed by atoms with van der Waals surface area (Å²) in [5.74, 6) is 0.936. The third kappa shape index (κ3) is 4.20. The smallest absolute Gasteiger partial charge is 0.137 e. The predicted molar refractivity (Wildman–Crippen MR) is 89.1 cm³/mol. The number of nitrogens with zero attached hydrogens (tertiary/aromatic N) is 1. The largest absolute Gasteiger partial charge is 0.374 e. The van der Waals surface area contributed by atoms with Crippen LogP contribution in [-0.2, 0) is 11.2 Å². The van der Waals surface area contributed by atoms with E-state index in [2.05, 4.69) is 24.0 Å². The fourth-order valence-corrected chi connectivity index (χ4v) is 3.40. The Kier molecular flexibility index (Phi) is 6.21. The molecule has 2 atom stereocenters. The summed E-state index contributed by atoms with van der Waals surface area (Å²) in [6.07, 6.45) is 8.62. The average Bonchev–Trinajstić information content (AvgIpc) is 3.06. The van der Waals surface area contributed by atoms with E-state index in [9.17, 15) is 0 Å². The van der Waals surface area contributed by atoms with E-state index < -0.39 is 0 Å². The summed E-state index contributed by atoms with van der Waals surface area (Å²) in [6.45, 7) is 11.9. The van der Waals surface area contributed by atoms with Crippen LogP contribution in [0.15, 0.2) is 17.2 Å². The molecule has 0 aliphatic carbocycles. The lowest BCUT2D eigenvalue weighted by Gasteiger charge is -2.34. The highest BCUT2D eigenvalue weighted by Gasteiger charge is 2.37. The van der Waals surface area contributed by atoms with Crippen molar-refractivity contribution in [3.05, 3.63) is 29.7 Å². The van der Waals surface area contributed by atoms with Crippen molar-refractivity contribution in [2.45, 2.75) is 70.9 Å². The van der Waals surface area contributed by atoms with Crippen LogP contribution in [-0.4, -0.2) is 30.0 Å². The van der Waals surface area contributed by atoms with E-state index in [1.165, 1.54) is 12.0 Å². The molecule has 2 unspecified atom stereocenters. The molecule has 4 heteroatoms. The van der Waals surface area contributed by atoms with Crippen LogP contribution < -0.4 is 5.32 Å². The molecule has 4 nitrogen and oxygen atoms in total. The van der Waals surface area contributed by atoms with Crippen LogP contribution in [0.5, 0.6) is 0 Å². The minimum atomic E-state index is -0.0279. The van der Waals surface area contributed by atoms with Gasteiger partial charge in [-0.1, -0.05) is 11.2 Å². The number of unbranched alkanes of at least 4 members (excludes halogenated alkanes) is 1. The van der Waals surface area contributed by atoms with Gasteiger partial charge in [-0.2, -0.15) is 0 Å². The molecule has 0 saturated carbocycles. The number of aromatic nitrogens is 1. The van der Waals surface area contributed by atoms with Gasteiger partial charge in [0.25, 0.3) is 0 Å². The second-order valence-electron chi connectivity index (χ2n) is 6.54. The number of nitrogens with one attached hydrogen (secondary N) is 1. The van der Waals surface area contributed by atoms with E-state index in [1.54, 1.807) is 0 Å². The number of ether oxygens (including phenoxy) is 1. The predicted octanol–water partition coefficient (Wildman–Crippen LogP) is 3.72. The third-order valence-corrected chi connectivity index (χ3v) is 4.83. The average molecular weight is 306 g/mol. The first-order valence-corrected chi connectivity index (χ1v) is 8.47. The van der Waals surface area contributed by atoms with Gasteiger partial charge < -0.3 is 14.6 Å². The van der Waals surface area contributed by atoms with E-state index in [0.717, 1.165) is 56.7 Å². The first-order chi connectivity index (χ1) is 10.6. The molecule has 0 spiro atoms. The number of rotatable bonds is 9. The fourth-order valence-electron chi connectivity index (χ4n) is 3.40. The maximum atomic E-state index is 6.05. The summed E-state index contributed by atoms with van der Waals surface area (Å²) in [5, 5.41) is 7.75. The molecule has 124 valence electrons. The van der Waals surface area contributed by atoms with Crippen molar-refractivity contribution in [2.75, 3.05) is 13.2 Å². The minimum Gasteiger partial charge on any atom is -0.374 e. The van der Waals surface area contributed by atoms with Crippen molar-refractivity contribution in [3.8, 4) is 0 Å². The molecule has 0 bridgehead atoms. The molecular weight excluding hydrogens is 276 g/mol. The third-order valence-electron chi connectivity index (χ3n) is 4.83. The SMILES string of the molecule is C=CCCCC(NCCc1c(C)noc1C)C1(C)CCCO1. The highest BCUT2D eigenvalue weighted by molar-refractivity contribution is 5.21. The quantitative estimate of drug-likeness (QED) is 0.558. The molecule has 1 aliphatic rings. The Morgan fingerprint density at radius 3 is 2.86 bits per heavy atom. The molecule has 2 rings (SSSR count). The first-order valence-electron chi connectivity index (χ1n) is 8.47. The Balaban J connectivity index is 1.90. The molecule has 0 amide bonds. The standard InChI is InChI=1S/C18H30N2O2/c1-5-6-7-9-17(18(4)11-8-13-21-18)19-12-10-16-14(2)20-22-15(16)3/h5,17,19H,1,6-13H2,2-4H3. The summed E-state index contributed by atoms with van der Waals surface area (Å²) >= 11 is 0. The van der Waals surface area contributed by atoms with Crippen LogP contribution in [0.4, 0.5) is 0 Å². The second kappa shape index (κ2) is 7.93. The zero-order chi connectivity index (χ0) is 16.0. The highest BCUT2D eigenvalue weighted by atomic mass is 16.5. The Hall–Kier alpha value is -1.13. The maximum absolute atomic E-state index is 6.05. The number of allylic oxidation sites excluding steroid dienone is 1. The second-order valence-corrected chi connectivity index (χ2v) is 6.54. The molecule has 1 aliphatic heterocycles. The van der Waals surface area contributed by atoms with Crippen LogP contribution in [0.2, 0.25) is 0 Å². The van der Waals surface area contributed by atoms with Gasteiger partial charge in [-0.05, 0) is 65.8 Å². The molecule has 22 heavy (non-hydrogen) atoms. The Labute approximate surface area is 134 Å². The van der Waals surface area contributed by atoms with E-state index in [4.69, 9.17) is 9.26 Å². The summed E-state index contributed by atoms with van der Waals surface area (Å²) < 4.78 is 11.3. The lowest BCUT2D eigenvalue weighted by molar-refractivity contribution is -0.0141. The Morgan fingerprint density at radius 2 is 2.27 bits per heavy atom. The molecule has 1 N–H and O–H groups in total. The summed E-state index contributed by atoms with van der Waals surface area (Å²) in [6, 6.07) is 0.399. The fraction of sp³-hybridized carbons (Fsp3) is 0.722. The van der Waals surface area contributed by atoms with Crippen molar-refractivity contribution in [2.24, 2.45) is 0 Å². The topological polar surface area (TPSA) is 47.3 Å². The van der Waals surface area contributed by atoms with Crippen LogP contribution in [0.1, 0.15) is 56.0 Å². The molecule has 1 saturated heterocycles. The van der Waals surface area contributed by atoms with E-state index in [-0.39, 0.29) is 5.60 Å². The van der Waals surface area contributed by atoms with Crippen molar-refractivity contribution in [3.63, 3.8) is 0 Å². The van der Waals surface area contributed by atoms with Gasteiger partial charge in [0.1, 0.15) is 5.76 Å². The lowest BCUT2D eigenvalue weighted by atomic mass is 9.89. The van der Waals surface area contributed by atoms with Crippen molar-refractivity contribution in [1.29, 1.82) is 0 Å². The zero-order valence-electron chi connectivity index (χ0n) is 14.3. The molecule has 1 fully saturated rings. The Morgan fingerprint density at radius 1 is 1.45 bits per heavy atom. The van der Waals surface area contributed by atoms with Crippen LogP contribution >= 0.6 is 0 Å². The van der Waals surface area contributed by atoms with Gasteiger partial charge in [0.2, 0.25) is 0 Å². The van der Waals surface area contributed by atoms with Gasteiger partial charge in [0.05, 0.1) is 11.3 Å². The van der Waals surface area contributed by atoms with Crippen molar-refractivity contribution < 1.29 is 9.26 Å². The van der Waals surface area contributed by atoms with Crippen LogP contribution in [0, 0.1) is 13.8 Å². The van der Waals surface area contributed by atoms with Crippen LogP contribution in [0.3, 0.4) is 0 Å². The van der Waals surface area contributed by atoms with Crippen molar-refractivity contribution in [1.82, 2.24) is 10.5 Å². The summed E-state index contributed by atoms with van der Waals surface area (Å²) in [5.41, 5.74) is 2.21. The van der Waals surface area contributed by atoms with Gasteiger partial charge >= 0.3 is 0 Å². The molecule has 1 aromatic heterocycles. The van der Waals surface area contributed by atoms with Crippen LogP contribution in [0.25, 0.3) is 0 Å². The van der Waals surface area contributed by atoms with E-state index >= 15 is 0 Å². The van der Waals surface area contributed by atoms with E-state index in [0.29, 0.717) is 6.04 Å². The number of hydrogen-bond acceptors (Lipinski definition) is 4. The normalized spacial score (nSPS) is 22.9. The zero-order valence-corrected chi connectivity index (χ0v) is 14.3. The van der Waals surface area contributed by atoms with Gasteiger partial charge in [0.15, 0.2) is 0 Å². The summed E-state index contributed by atoms with van der Waals surface area (Å²) in [4.78, 5) is 0.